The van der Waals surface area contributed by atoms with Gasteiger partial charge in [0.1, 0.15) is 5.16 Å². The summed E-state index contributed by atoms with van der Waals surface area (Å²) in [4.78, 5) is 31.4. The molecule has 24 heavy (non-hydrogen) atoms. The van der Waals surface area contributed by atoms with Crippen molar-refractivity contribution in [2.75, 3.05) is 0 Å². The maximum Gasteiger partial charge on any atom is 0.337 e. The van der Waals surface area contributed by atoms with Crippen LogP contribution in [-0.2, 0) is 20.9 Å². The third-order valence-corrected chi connectivity index (χ3v) is 7.08. The van der Waals surface area contributed by atoms with Gasteiger partial charge in [0.2, 0.25) is 0 Å². The molecule has 0 atom stereocenters. The number of rotatable bonds is 5. The minimum absolute atomic E-state index is 0.0293. The molecule has 0 saturated heterocycles. The van der Waals surface area contributed by atoms with Crippen LogP contribution in [0.5, 0.6) is 0 Å². The van der Waals surface area contributed by atoms with Crippen molar-refractivity contribution in [3.8, 4) is 0 Å². The number of benzene rings is 1. The van der Waals surface area contributed by atoms with Crippen LogP contribution in [-0.4, -0.2) is 20.9 Å². The highest BCUT2D eigenvalue weighted by atomic mass is 31.2. The Morgan fingerprint density at radius 3 is 1.67 bits per heavy atom. The molecular formula is C18H29O5P. The number of carboxylic acids is 1. The van der Waals surface area contributed by atoms with Crippen LogP contribution in [0.1, 0.15) is 59.1 Å². The summed E-state index contributed by atoms with van der Waals surface area (Å²) in [6.45, 7) is 11.1. The van der Waals surface area contributed by atoms with E-state index in [0.717, 1.165) is 5.56 Å². The normalized spacial score (nSPS) is 13.8. The molecule has 0 aromatic heterocycles. The van der Waals surface area contributed by atoms with Gasteiger partial charge >= 0.3 is 13.6 Å². The summed E-state index contributed by atoms with van der Waals surface area (Å²) in [5.74, 6) is -0.868. The van der Waals surface area contributed by atoms with Crippen molar-refractivity contribution in [1.82, 2.24) is 0 Å². The first-order chi connectivity index (χ1) is 10.6. The maximum absolute atomic E-state index is 12.7. The Balaban J connectivity index is 3.52. The predicted molar refractivity (Wildman–Crippen MR) is 95.0 cm³/mol. The molecule has 0 heterocycles. The van der Waals surface area contributed by atoms with Crippen molar-refractivity contribution in [2.24, 2.45) is 10.8 Å². The number of carbonyl (C=O) groups is 1. The van der Waals surface area contributed by atoms with Crippen LogP contribution in [0.4, 0.5) is 0 Å². The predicted octanol–water partition coefficient (Wildman–Crippen LogP) is 4.17. The Morgan fingerprint density at radius 2 is 1.38 bits per heavy atom. The van der Waals surface area contributed by atoms with Gasteiger partial charge < -0.3 is 14.9 Å². The van der Waals surface area contributed by atoms with Crippen LogP contribution in [0.15, 0.2) is 24.3 Å². The number of carboxylic acid groups (broad SMARTS) is 1. The largest absolute Gasteiger partial charge is 0.481 e. The number of aryl methyl sites for hydroxylation is 1. The van der Waals surface area contributed by atoms with E-state index in [1.807, 2.05) is 41.5 Å². The van der Waals surface area contributed by atoms with Gasteiger partial charge in [-0.2, -0.15) is 0 Å². The molecule has 0 aliphatic heterocycles. The second kappa shape index (κ2) is 6.62. The topological polar surface area (TPSA) is 94.8 Å². The van der Waals surface area contributed by atoms with Crippen LogP contribution in [0, 0.1) is 10.8 Å². The van der Waals surface area contributed by atoms with Gasteiger partial charge in [0.15, 0.2) is 0 Å². The van der Waals surface area contributed by atoms with Crippen molar-refractivity contribution in [3.63, 3.8) is 0 Å². The van der Waals surface area contributed by atoms with Gasteiger partial charge in [0.25, 0.3) is 0 Å². The molecule has 5 nitrogen and oxygen atoms in total. The molecule has 0 fully saturated rings. The van der Waals surface area contributed by atoms with Crippen LogP contribution >= 0.6 is 7.60 Å². The smallest absolute Gasteiger partial charge is 0.337 e. The molecule has 1 aromatic carbocycles. The maximum atomic E-state index is 12.7. The molecular weight excluding hydrogens is 327 g/mol. The van der Waals surface area contributed by atoms with Crippen LogP contribution in [0.2, 0.25) is 0 Å². The van der Waals surface area contributed by atoms with Crippen LogP contribution in [0.3, 0.4) is 0 Å². The van der Waals surface area contributed by atoms with Gasteiger partial charge in [-0.05, 0) is 28.4 Å². The van der Waals surface area contributed by atoms with E-state index >= 15 is 0 Å². The van der Waals surface area contributed by atoms with E-state index in [1.54, 1.807) is 24.3 Å². The zero-order valence-electron chi connectivity index (χ0n) is 15.3. The molecule has 6 heteroatoms. The quantitative estimate of drug-likeness (QED) is 0.688. The molecule has 0 unspecified atom stereocenters. The van der Waals surface area contributed by atoms with E-state index in [4.69, 9.17) is 5.11 Å². The van der Waals surface area contributed by atoms with Crippen LogP contribution in [0.25, 0.3) is 0 Å². The summed E-state index contributed by atoms with van der Waals surface area (Å²) in [7, 11) is -4.51. The fraction of sp³-hybridized carbons (Fsp3) is 0.611. The summed E-state index contributed by atoms with van der Waals surface area (Å²) in [6.07, 6.45) is 0.422. The summed E-state index contributed by atoms with van der Waals surface area (Å²) in [5.41, 5.74) is 0.0400. The molecule has 0 aliphatic carbocycles. The van der Waals surface area contributed by atoms with Crippen molar-refractivity contribution >= 4 is 13.6 Å². The highest BCUT2D eigenvalue weighted by Crippen LogP contribution is 2.72. The lowest BCUT2D eigenvalue weighted by atomic mass is 9.62. The van der Waals surface area contributed by atoms with E-state index in [1.165, 1.54) is 0 Å². The van der Waals surface area contributed by atoms with Gasteiger partial charge in [-0.25, -0.2) is 0 Å². The molecule has 0 radical (unpaired) electrons. The fourth-order valence-electron chi connectivity index (χ4n) is 4.20. The monoisotopic (exact) mass is 356 g/mol. The SMILES string of the molecule is CC(C)(C)C(c1ccc(CCC(=O)O)cc1)(C(C)(C)C)P(=O)(O)O. The van der Waals surface area contributed by atoms with Gasteiger partial charge in [0.05, 0.1) is 0 Å². The Bertz CT molecular complexity index is 615. The summed E-state index contributed by atoms with van der Waals surface area (Å²) in [5, 5.41) is 7.41. The van der Waals surface area contributed by atoms with Crippen molar-refractivity contribution in [3.05, 3.63) is 35.4 Å². The third kappa shape index (κ3) is 3.74. The Hall–Kier alpha value is -1.16. The van der Waals surface area contributed by atoms with Gasteiger partial charge in [-0.3, -0.25) is 9.36 Å². The molecule has 136 valence electrons. The van der Waals surface area contributed by atoms with Gasteiger partial charge in [0, 0.05) is 6.42 Å². The zero-order valence-corrected chi connectivity index (χ0v) is 16.2. The molecule has 0 saturated carbocycles. The number of aliphatic carboxylic acids is 1. The average Bonchev–Trinajstić information content (AvgIpc) is 2.33. The standard InChI is InChI=1S/C18H29O5P/c1-16(2,3)18(17(4,5)6,24(21,22)23)14-10-7-13(8-11-14)9-12-15(19)20/h7-8,10-11H,9,12H2,1-6H3,(H,19,20)(H2,21,22,23). The van der Waals surface area contributed by atoms with E-state index in [-0.39, 0.29) is 6.42 Å². The summed E-state index contributed by atoms with van der Waals surface area (Å²) in [6, 6.07) is 6.99. The zero-order chi connectivity index (χ0) is 19.0. The first-order valence-electron chi connectivity index (χ1n) is 8.01. The minimum Gasteiger partial charge on any atom is -0.481 e. The highest BCUT2D eigenvalue weighted by Gasteiger charge is 2.62. The molecule has 1 aromatic rings. The molecule has 0 amide bonds. The molecule has 3 N–H and O–H groups in total. The fourth-order valence-corrected chi connectivity index (χ4v) is 6.43. The average molecular weight is 356 g/mol. The van der Waals surface area contributed by atoms with Crippen LogP contribution < -0.4 is 0 Å². The van der Waals surface area contributed by atoms with Crippen molar-refractivity contribution in [1.29, 1.82) is 0 Å². The lowest BCUT2D eigenvalue weighted by Gasteiger charge is -2.53. The van der Waals surface area contributed by atoms with Gasteiger partial charge in [-0.15, -0.1) is 0 Å². The molecule has 1 rings (SSSR count). The molecule has 0 spiro atoms. The Kier molecular flexibility index (Phi) is 5.76. The number of hydrogen-bond acceptors (Lipinski definition) is 2. The van der Waals surface area contributed by atoms with E-state index in [9.17, 15) is 19.1 Å². The summed E-state index contributed by atoms with van der Waals surface area (Å²) < 4.78 is 12.7. The Labute approximate surface area is 144 Å². The molecule has 0 aliphatic rings. The van der Waals surface area contributed by atoms with Gasteiger partial charge in [-0.1, -0.05) is 65.8 Å². The Morgan fingerprint density at radius 1 is 0.958 bits per heavy atom. The van der Waals surface area contributed by atoms with E-state index in [2.05, 4.69) is 0 Å². The molecule has 0 bridgehead atoms. The second-order valence-corrected chi connectivity index (χ2v) is 10.1. The number of hydrogen-bond donors (Lipinski definition) is 3. The lowest BCUT2D eigenvalue weighted by Crippen LogP contribution is -2.50. The second-order valence-electron chi connectivity index (χ2n) is 8.35. The van der Waals surface area contributed by atoms with E-state index in [0.29, 0.717) is 12.0 Å². The van der Waals surface area contributed by atoms with E-state index < -0.39 is 29.6 Å². The highest BCUT2D eigenvalue weighted by molar-refractivity contribution is 7.53. The van der Waals surface area contributed by atoms with Crippen molar-refractivity contribution in [2.45, 2.75) is 59.5 Å². The minimum atomic E-state index is -4.51. The third-order valence-electron chi connectivity index (χ3n) is 4.61. The lowest BCUT2D eigenvalue weighted by molar-refractivity contribution is -0.136. The summed E-state index contributed by atoms with van der Waals surface area (Å²) >= 11 is 0. The first kappa shape index (κ1) is 20.9. The van der Waals surface area contributed by atoms with Crippen molar-refractivity contribution < 1.29 is 24.3 Å². The first-order valence-corrected chi connectivity index (χ1v) is 9.62.